The van der Waals surface area contributed by atoms with Gasteiger partial charge >= 0.3 is 0 Å². The Hall–Kier alpha value is -2.15. The molecule has 1 amide bonds. The fourth-order valence-corrected chi connectivity index (χ4v) is 1.13. The van der Waals surface area contributed by atoms with Gasteiger partial charge in [-0.05, 0) is 0 Å². The summed E-state index contributed by atoms with van der Waals surface area (Å²) in [5.41, 5.74) is 2.13. The number of imidazole rings is 1. The van der Waals surface area contributed by atoms with Gasteiger partial charge in [0.05, 0.1) is 12.9 Å². The van der Waals surface area contributed by atoms with Crippen LogP contribution in [0.4, 0.5) is 0 Å². The standard InChI is InChI=1S/C8H9N5O2/c9-11-8(14)7-3-6(15-12-7)4-13-2-1-10-5-13/h1-3,5H,4,9H2,(H,11,14). The lowest BCUT2D eigenvalue weighted by Gasteiger charge is -1.94. The van der Waals surface area contributed by atoms with E-state index < -0.39 is 5.91 Å². The van der Waals surface area contributed by atoms with Crippen molar-refractivity contribution in [2.45, 2.75) is 6.54 Å². The van der Waals surface area contributed by atoms with Crippen LogP contribution >= 0.6 is 0 Å². The molecule has 0 unspecified atom stereocenters. The Kier molecular flexibility index (Phi) is 2.46. The van der Waals surface area contributed by atoms with E-state index in [0.717, 1.165) is 0 Å². The van der Waals surface area contributed by atoms with Crippen LogP contribution in [0.5, 0.6) is 0 Å². The number of hydrazine groups is 1. The van der Waals surface area contributed by atoms with Gasteiger partial charge in [-0.15, -0.1) is 0 Å². The third kappa shape index (κ3) is 2.02. The molecule has 15 heavy (non-hydrogen) atoms. The van der Waals surface area contributed by atoms with Crippen LogP contribution < -0.4 is 11.3 Å². The Morgan fingerprint density at radius 2 is 2.53 bits per heavy atom. The molecule has 0 aliphatic heterocycles. The van der Waals surface area contributed by atoms with Crippen molar-refractivity contribution in [2.24, 2.45) is 5.84 Å². The zero-order chi connectivity index (χ0) is 10.7. The van der Waals surface area contributed by atoms with Gasteiger partial charge in [0.1, 0.15) is 0 Å². The second kappa shape index (κ2) is 3.93. The van der Waals surface area contributed by atoms with E-state index in [2.05, 4.69) is 10.1 Å². The summed E-state index contributed by atoms with van der Waals surface area (Å²) in [7, 11) is 0. The zero-order valence-electron chi connectivity index (χ0n) is 7.75. The molecule has 2 rings (SSSR count). The Labute approximate surface area is 84.8 Å². The van der Waals surface area contributed by atoms with Gasteiger partial charge < -0.3 is 9.09 Å². The Bertz CT molecular complexity index is 447. The van der Waals surface area contributed by atoms with Gasteiger partial charge in [0.15, 0.2) is 11.5 Å². The summed E-state index contributed by atoms with van der Waals surface area (Å²) in [5, 5.41) is 3.57. The van der Waals surface area contributed by atoms with Crippen LogP contribution in [0.1, 0.15) is 16.2 Å². The van der Waals surface area contributed by atoms with Gasteiger partial charge in [-0.3, -0.25) is 10.2 Å². The van der Waals surface area contributed by atoms with E-state index in [0.29, 0.717) is 12.3 Å². The number of amides is 1. The predicted octanol–water partition coefficient (Wildman–Crippen LogP) is -0.477. The van der Waals surface area contributed by atoms with Crippen molar-refractivity contribution < 1.29 is 9.32 Å². The summed E-state index contributed by atoms with van der Waals surface area (Å²) < 4.78 is 6.74. The van der Waals surface area contributed by atoms with Crippen LogP contribution in [0.2, 0.25) is 0 Å². The Morgan fingerprint density at radius 3 is 3.20 bits per heavy atom. The van der Waals surface area contributed by atoms with E-state index >= 15 is 0 Å². The first-order valence-corrected chi connectivity index (χ1v) is 4.22. The topological polar surface area (TPSA) is 99.0 Å². The van der Waals surface area contributed by atoms with E-state index in [4.69, 9.17) is 10.4 Å². The van der Waals surface area contributed by atoms with Crippen molar-refractivity contribution in [2.75, 3.05) is 0 Å². The lowest BCUT2D eigenvalue weighted by Crippen LogP contribution is -2.30. The number of carbonyl (C=O) groups excluding carboxylic acids is 1. The molecule has 7 nitrogen and oxygen atoms in total. The van der Waals surface area contributed by atoms with Gasteiger partial charge in [0, 0.05) is 18.5 Å². The lowest BCUT2D eigenvalue weighted by atomic mass is 10.3. The van der Waals surface area contributed by atoms with Crippen LogP contribution in [0, 0.1) is 0 Å². The summed E-state index contributed by atoms with van der Waals surface area (Å²) >= 11 is 0. The van der Waals surface area contributed by atoms with Gasteiger partial charge in [0.2, 0.25) is 0 Å². The van der Waals surface area contributed by atoms with Gasteiger partial charge in [0.25, 0.3) is 5.91 Å². The molecule has 78 valence electrons. The van der Waals surface area contributed by atoms with Gasteiger partial charge in [-0.2, -0.15) is 0 Å². The fraction of sp³-hybridized carbons (Fsp3) is 0.125. The molecule has 0 radical (unpaired) electrons. The second-order valence-corrected chi connectivity index (χ2v) is 2.89. The van der Waals surface area contributed by atoms with Crippen molar-refractivity contribution >= 4 is 5.91 Å². The average Bonchev–Trinajstić information content (AvgIpc) is 2.88. The number of rotatable bonds is 3. The maximum absolute atomic E-state index is 11.1. The summed E-state index contributed by atoms with van der Waals surface area (Å²) in [5.74, 6) is 5.04. The number of nitrogens with two attached hydrogens (primary N) is 1. The third-order valence-corrected chi connectivity index (χ3v) is 1.82. The predicted molar refractivity (Wildman–Crippen MR) is 49.5 cm³/mol. The molecular formula is C8H9N5O2. The Morgan fingerprint density at radius 1 is 1.67 bits per heavy atom. The second-order valence-electron chi connectivity index (χ2n) is 2.89. The van der Waals surface area contributed by atoms with Crippen LogP contribution in [0.3, 0.4) is 0 Å². The summed E-state index contributed by atoms with van der Waals surface area (Å²) in [6.45, 7) is 0.477. The average molecular weight is 207 g/mol. The molecule has 2 heterocycles. The first-order valence-electron chi connectivity index (χ1n) is 4.22. The number of nitrogens with zero attached hydrogens (tertiary/aromatic N) is 3. The van der Waals surface area contributed by atoms with E-state index in [1.807, 2.05) is 5.43 Å². The highest BCUT2D eigenvalue weighted by atomic mass is 16.5. The maximum Gasteiger partial charge on any atom is 0.287 e. The molecule has 3 N–H and O–H groups in total. The first kappa shape index (κ1) is 9.41. The van der Waals surface area contributed by atoms with Gasteiger partial charge in [-0.25, -0.2) is 10.8 Å². The molecule has 7 heteroatoms. The fourth-order valence-electron chi connectivity index (χ4n) is 1.13. The van der Waals surface area contributed by atoms with Crippen molar-refractivity contribution in [3.8, 4) is 0 Å². The first-order chi connectivity index (χ1) is 7.29. The SMILES string of the molecule is NNC(=O)c1cc(Cn2ccnc2)on1. The smallest absolute Gasteiger partial charge is 0.287 e. The molecule has 0 saturated carbocycles. The van der Waals surface area contributed by atoms with Crippen LogP contribution in [0.25, 0.3) is 0 Å². The highest BCUT2D eigenvalue weighted by Crippen LogP contribution is 2.05. The molecule has 2 aromatic heterocycles. The summed E-state index contributed by atoms with van der Waals surface area (Å²) in [6.07, 6.45) is 5.08. The zero-order valence-corrected chi connectivity index (χ0v) is 7.75. The number of hydrogen-bond donors (Lipinski definition) is 2. The number of nitrogen functional groups attached to an aromatic ring is 1. The molecule has 0 aliphatic rings. The number of aromatic nitrogens is 3. The van der Waals surface area contributed by atoms with Crippen molar-refractivity contribution in [3.05, 3.63) is 36.2 Å². The molecule has 2 aromatic rings. The summed E-state index contributed by atoms with van der Waals surface area (Å²) in [4.78, 5) is 14.9. The molecule has 0 aromatic carbocycles. The molecular weight excluding hydrogens is 198 g/mol. The molecule has 0 spiro atoms. The van der Waals surface area contributed by atoms with Crippen molar-refractivity contribution in [1.29, 1.82) is 0 Å². The molecule has 0 saturated heterocycles. The molecule has 0 bridgehead atoms. The van der Waals surface area contributed by atoms with Crippen molar-refractivity contribution in [3.63, 3.8) is 0 Å². The third-order valence-electron chi connectivity index (χ3n) is 1.82. The van der Waals surface area contributed by atoms with E-state index in [1.54, 1.807) is 23.3 Å². The maximum atomic E-state index is 11.1. The minimum Gasteiger partial charge on any atom is -0.359 e. The van der Waals surface area contributed by atoms with E-state index in [-0.39, 0.29) is 5.69 Å². The molecule has 0 fully saturated rings. The minimum atomic E-state index is -0.476. The summed E-state index contributed by atoms with van der Waals surface area (Å²) in [6, 6.07) is 1.53. The number of carbonyl (C=O) groups is 1. The highest BCUT2D eigenvalue weighted by molar-refractivity contribution is 5.91. The van der Waals surface area contributed by atoms with Crippen LogP contribution in [-0.4, -0.2) is 20.6 Å². The van der Waals surface area contributed by atoms with E-state index in [9.17, 15) is 4.79 Å². The molecule has 0 aliphatic carbocycles. The number of hydrogen-bond acceptors (Lipinski definition) is 5. The Balaban J connectivity index is 2.11. The quantitative estimate of drug-likeness (QED) is 0.402. The normalized spacial score (nSPS) is 10.2. The largest absolute Gasteiger partial charge is 0.359 e. The highest BCUT2D eigenvalue weighted by Gasteiger charge is 2.10. The van der Waals surface area contributed by atoms with Gasteiger partial charge in [-0.1, -0.05) is 5.16 Å². The van der Waals surface area contributed by atoms with E-state index in [1.165, 1.54) is 6.07 Å². The number of nitrogens with one attached hydrogen (secondary N) is 1. The monoisotopic (exact) mass is 207 g/mol. The van der Waals surface area contributed by atoms with Crippen LogP contribution in [0.15, 0.2) is 29.3 Å². The molecule has 0 atom stereocenters. The minimum absolute atomic E-state index is 0.160. The van der Waals surface area contributed by atoms with Crippen LogP contribution in [-0.2, 0) is 6.54 Å². The lowest BCUT2D eigenvalue weighted by molar-refractivity contribution is 0.0944. The van der Waals surface area contributed by atoms with Crippen molar-refractivity contribution in [1.82, 2.24) is 20.1 Å².